The molecule has 1 heterocycles. The van der Waals surface area contributed by atoms with E-state index in [1.54, 1.807) is 16.6 Å². The molecule has 0 saturated heterocycles. The highest BCUT2D eigenvalue weighted by Gasteiger charge is 2.27. The maximum atomic E-state index is 12.1. The van der Waals surface area contributed by atoms with Crippen LogP contribution < -0.4 is 5.32 Å². The Balaban J connectivity index is 1.65. The molecule has 2 rings (SSSR count). The predicted molar refractivity (Wildman–Crippen MR) is 68.1 cm³/mol. The number of halogens is 3. The monoisotopic (exact) mass is 291 g/mol. The molecule has 114 valence electrons. The molecule has 1 saturated carbocycles. The van der Waals surface area contributed by atoms with E-state index in [0.29, 0.717) is 25.7 Å². The van der Waals surface area contributed by atoms with Crippen LogP contribution in [-0.4, -0.2) is 52.2 Å². The third-order valence-corrected chi connectivity index (χ3v) is 3.22. The van der Waals surface area contributed by atoms with E-state index >= 15 is 0 Å². The van der Waals surface area contributed by atoms with Crippen molar-refractivity contribution in [2.45, 2.75) is 44.6 Å². The van der Waals surface area contributed by atoms with E-state index < -0.39 is 12.6 Å². The molecule has 5 nitrogen and oxygen atoms in total. The minimum Gasteiger partial charge on any atom is -0.308 e. The highest BCUT2D eigenvalue weighted by Crippen LogP contribution is 2.19. The molecular weight excluding hydrogens is 271 g/mol. The van der Waals surface area contributed by atoms with Gasteiger partial charge in [0.25, 0.3) is 0 Å². The minimum atomic E-state index is -4.09. The smallest absolute Gasteiger partial charge is 0.308 e. The highest BCUT2D eigenvalue weighted by atomic mass is 19.4. The van der Waals surface area contributed by atoms with Crippen molar-refractivity contribution in [3.05, 3.63) is 11.9 Å². The van der Waals surface area contributed by atoms with E-state index in [2.05, 4.69) is 15.6 Å². The SMILES string of the molecule is CN(CCn1cc(CNC2CC2)nn1)CCC(F)(F)F. The van der Waals surface area contributed by atoms with Gasteiger partial charge in [0.2, 0.25) is 0 Å². The molecule has 1 aliphatic rings. The number of likely N-dealkylation sites (N-methyl/N-ethyl adjacent to an activating group) is 1. The van der Waals surface area contributed by atoms with Gasteiger partial charge in [-0.2, -0.15) is 13.2 Å². The number of hydrogen-bond acceptors (Lipinski definition) is 4. The van der Waals surface area contributed by atoms with E-state index in [4.69, 9.17) is 0 Å². The molecule has 0 amide bonds. The minimum absolute atomic E-state index is 0.00822. The number of alkyl halides is 3. The van der Waals surface area contributed by atoms with Crippen molar-refractivity contribution in [2.75, 3.05) is 20.1 Å². The Hall–Kier alpha value is -1.15. The van der Waals surface area contributed by atoms with Gasteiger partial charge in [-0.3, -0.25) is 4.68 Å². The predicted octanol–water partition coefficient (Wildman–Crippen LogP) is 1.41. The van der Waals surface area contributed by atoms with Gasteiger partial charge < -0.3 is 10.2 Å². The molecule has 0 atom stereocenters. The first-order valence-electron chi connectivity index (χ1n) is 6.80. The van der Waals surface area contributed by atoms with E-state index in [1.165, 1.54) is 12.8 Å². The first-order chi connectivity index (χ1) is 9.42. The van der Waals surface area contributed by atoms with Gasteiger partial charge in [-0.1, -0.05) is 5.21 Å². The zero-order chi connectivity index (χ0) is 14.6. The molecule has 1 aliphatic carbocycles. The van der Waals surface area contributed by atoms with Crippen molar-refractivity contribution in [1.29, 1.82) is 0 Å². The van der Waals surface area contributed by atoms with Crippen LogP contribution in [0.1, 0.15) is 25.0 Å². The maximum absolute atomic E-state index is 12.1. The van der Waals surface area contributed by atoms with E-state index in [-0.39, 0.29) is 6.54 Å². The van der Waals surface area contributed by atoms with Crippen molar-refractivity contribution in [3.8, 4) is 0 Å². The molecular formula is C12H20F3N5. The largest absolute Gasteiger partial charge is 0.390 e. The highest BCUT2D eigenvalue weighted by molar-refractivity contribution is 4.94. The summed E-state index contributed by atoms with van der Waals surface area (Å²) in [6.07, 6.45) is -0.593. The van der Waals surface area contributed by atoms with Gasteiger partial charge in [0.05, 0.1) is 18.7 Å². The van der Waals surface area contributed by atoms with Crippen LogP contribution in [0.4, 0.5) is 13.2 Å². The number of rotatable bonds is 8. The van der Waals surface area contributed by atoms with E-state index in [0.717, 1.165) is 5.69 Å². The quantitative estimate of drug-likeness (QED) is 0.787. The fourth-order valence-corrected chi connectivity index (χ4v) is 1.77. The first kappa shape index (κ1) is 15.2. The summed E-state index contributed by atoms with van der Waals surface area (Å²) in [5, 5.41) is 11.3. The van der Waals surface area contributed by atoms with Crippen molar-refractivity contribution in [2.24, 2.45) is 0 Å². The average molecular weight is 291 g/mol. The Morgan fingerprint density at radius 2 is 2.15 bits per heavy atom. The lowest BCUT2D eigenvalue weighted by molar-refractivity contribution is -0.137. The summed E-state index contributed by atoms with van der Waals surface area (Å²) in [5.41, 5.74) is 0.870. The number of nitrogens with one attached hydrogen (secondary N) is 1. The second-order valence-corrected chi connectivity index (χ2v) is 5.30. The van der Waals surface area contributed by atoms with Crippen LogP contribution in [0, 0.1) is 0 Å². The lowest BCUT2D eigenvalue weighted by Crippen LogP contribution is -2.27. The van der Waals surface area contributed by atoms with Crippen LogP contribution in [-0.2, 0) is 13.1 Å². The molecule has 1 aromatic heterocycles. The summed E-state index contributed by atoms with van der Waals surface area (Å²) >= 11 is 0. The molecule has 1 aromatic rings. The van der Waals surface area contributed by atoms with Crippen molar-refractivity contribution in [1.82, 2.24) is 25.2 Å². The third-order valence-electron chi connectivity index (χ3n) is 3.22. The van der Waals surface area contributed by atoms with Gasteiger partial charge in [-0.25, -0.2) is 0 Å². The molecule has 1 N–H and O–H groups in total. The standard InChI is InChI=1S/C12H20F3N5/c1-19(5-4-12(13,14)15)6-7-20-9-11(17-18-20)8-16-10-2-3-10/h9-10,16H,2-8H2,1H3. The Kier molecular flexibility index (Phi) is 4.98. The summed E-state index contributed by atoms with van der Waals surface area (Å²) in [6.45, 7) is 1.78. The second-order valence-electron chi connectivity index (χ2n) is 5.30. The normalized spacial score (nSPS) is 16.1. The average Bonchev–Trinajstić information content (AvgIpc) is 3.09. The van der Waals surface area contributed by atoms with Crippen LogP contribution in [0.2, 0.25) is 0 Å². The summed E-state index contributed by atoms with van der Waals surface area (Å²) in [6, 6.07) is 0.619. The number of aromatic nitrogens is 3. The molecule has 20 heavy (non-hydrogen) atoms. The van der Waals surface area contributed by atoms with Crippen molar-refractivity contribution in [3.63, 3.8) is 0 Å². The lowest BCUT2D eigenvalue weighted by Gasteiger charge is -2.17. The Bertz CT molecular complexity index is 413. The molecule has 0 aromatic carbocycles. The Labute approximate surface area is 116 Å². The van der Waals surface area contributed by atoms with Gasteiger partial charge in [0, 0.05) is 31.9 Å². The van der Waals surface area contributed by atoms with E-state index in [1.807, 2.05) is 6.20 Å². The molecule has 0 unspecified atom stereocenters. The van der Waals surface area contributed by atoms with Gasteiger partial charge in [-0.15, -0.1) is 5.10 Å². The third kappa shape index (κ3) is 5.87. The Morgan fingerprint density at radius 3 is 2.80 bits per heavy atom. The van der Waals surface area contributed by atoms with Crippen LogP contribution in [0.3, 0.4) is 0 Å². The fraction of sp³-hybridized carbons (Fsp3) is 0.833. The van der Waals surface area contributed by atoms with E-state index in [9.17, 15) is 13.2 Å². The number of nitrogens with zero attached hydrogens (tertiary/aromatic N) is 4. The zero-order valence-corrected chi connectivity index (χ0v) is 11.5. The summed E-state index contributed by atoms with van der Waals surface area (Å²) < 4.78 is 37.9. The van der Waals surface area contributed by atoms with Crippen LogP contribution in [0.15, 0.2) is 6.20 Å². The topological polar surface area (TPSA) is 46.0 Å². The first-order valence-corrected chi connectivity index (χ1v) is 6.80. The summed E-state index contributed by atoms with van der Waals surface area (Å²) in [7, 11) is 1.68. The van der Waals surface area contributed by atoms with Crippen LogP contribution in [0.25, 0.3) is 0 Å². The molecule has 8 heteroatoms. The second kappa shape index (κ2) is 6.53. The van der Waals surface area contributed by atoms with Crippen LogP contribution >= 0.6 is 0 Å². The molecule has 0 spiro atoms. The molecule has 0 radical (unpaired) electrons. The molecule has 0 bridgehead atoms. The Morgan fingerprint density at radius 1 is 1.40 bits per heavy atom. The summed E-state index contributed by atoms with van der Waals surface area (Å²) in [5.74, 6) is 0. The fourth-order valence-electron chi connectivity index (χ4n) is 1.77. The molecule has 1 fully saturated rings. The van der Waals surface area contributed by atoms with Gasteiger partial charge in [-0.05, 0) is 19.9 Å². The number of hydrogen-bond donors (Lipinski definition) is 1. The van der Waals surface area contributed by atoms with Gasteiger partial charge in [0.15, 0.2) is 0 Å². The van der Waals surface area contributed by atoms with Gasteiger partial charge in [0.1, 0.15) is 0 Å². The van der Waals surface area contributed by atoms with Crippen molar-refractivity contribution >= 4 is 0 Å². The zero-order valence-electron chi connectivity index (χ0n) is 11.5. The lowest BCUT2D eigenvalue weighted by atomic mass is 10.4. The van der Waals surface area contributed by atoms with Gasteiger partial charge >= 0.3 is 6.18 Å². The van der Waals surface area contributed by atoms with Crippen LogP contribution in [0.5, 0.6) is 0 Å². The van der Waals surface area contributed by atoms with Crippen molar-refractivity contribution < 1.29 is 13.2 Å². The maximum Gasteiger partial charge on any atom is 0.390 e. The summed E-state index contributed by atoms with van der Waals surface area (Å²) in [4.78, 5) is 1.65. The molecule has 0 aliphatic heterocycles.